The molecule has 9 nitrogen and oxygen atoms in total. The zero-order valence-electron chi connectivity index (χ0n) is 22.0. The number of urea groups is 1. The molecule has 2 aromatic heterocycles. The van der Waals surface area contributed by atoms with Crippen molar-refractivity contribution in [1.82, 2.24) is 14.9 Å². The van der Waals surface area contributed by atoms with Gasteiger partial charge in [0, 0.05) is 57.1 Å². The summed E-state index contributed by atoms with van der Waals surface area (Å²) >= 11 is 0. The summed E-state index contributed by atoms with van der Waals surface area (Å²) in [7, 11) is 1.97. The van der Waals surface area contributed by atoms with Gasteiger partial charge < -0.3 is 19.5 Å². The van der Waals surface area contributed by atoms with E-state index in [1.165, 1.54) is 11.3 Å². The highest BCUT2D eigenvalue weighted by molar-refractivity contribution is 6.04. The minimum Gasteiger partial charge on any atom is -0.444 e. The standard InChI is InChI=1S/C27H32F3N7O2/c1-19-9-12-34(2)22-7-8-24(36-11-4-10-35(13-14-36)17-27(28,29)30)33-25(22)37(19)26(38)32-21-6-3-5-20(15-21)23-16-31-18-39-23/h3,5-8,15-16,18-19H,4,9-14,17H2,1-2H3,(H,32,38)/t19-/m1/s1. The first kappa shape index (κ1) is 26.8. The number of amides is 2. The quantitative estimate of drug-likeness (QED) is 0.492. The first-order chi connectivity index (χ1) is 18.7. The van der Waals surface area contributed by atoms with E-state index in [4.69, 9.17) is 9.40 Å². The number of pyridine rings is 1. The van der Waals surface area contributed by atoms with E-state index < -0.39 is 12.7 Å². The summed E-state index contributed by atoms with van der Waals surface area (Å²) in [4.78, 5) is 29.8. The predicted molar refractivity (Wildman–Crippen MR) is 144 cm³/mol. The van der Waals surface area contributed by atoms with Crippen molar-refractivity contribution in [3.05, 3.63) is 49.0 Å². The highest BCUT2D eigenvalue weighted by atomic mass is 19.4. The van der Waals surface area contributed by atoms with Gasteiger partial charge in [-0.15, -0.1) is 0 Å². The Bertz CT molecular complexity index is 1280. The Hall–Kier alpha value is -3.80. The first-order valence-corrected chi connectivity index (χ1v) is 13.0. The second-order valence-corrected chi connectivity index (χ2v) is 10.1. The molecule has 1 fully saturated rings. The van der Waals surface area contributed by atoms with Crippen LogP contribution >= 0.6 is 0 Å². The molecule has 3 aromatic rings. The van der Waals surface area contributed by atoms with Crippen LogP contribution < -0.4 is 20.0 Å². The number of nitrogens with one attached hydrogen (secondary N) is 1. The van der Waals surface area contributed by atoms with Gasteiger partial charge in [-0.3, -0.25) is 9.80 Å². The van der Waals surface area contributed by atoms with Crippen molar-refractivity contribution in [2.24, 2.45) is 0 Å². The molecule has 2 aliphatic rings. The molecule has 0 radical (unpaired) electrons. The van der Waals surface area contributed by atoms with Crippen LogP contribution in [-0.2, 0) is 0 Å². The third kappa shape index (κ3) is 6.27. The number of rotatable bonds is 4. The SMILES string of the molecule is C[C@@H]1CCN(C)c2ccc(N3CCCN(CC(F)(F)F)CC3)nc2N1C(=O)Nc1cccc(-c2cnco2)c1. The fourth-order valence-electron chi connectivity index (χ4n) is 5.12. The number of carbonyl (C=O) groups is 1. The van der Waals surface area contributed by atoms with Crippen LogP contribution in [0, 0.1) is 0 Å². The third-order valence-corrected chi connectivity index (χ3v) is 7.17. The number of hydrogen-bond donors (Lipinski definition) is 1. The van der Waals surface area contributed by atoms with Crippen LogP contribution in [0.1, 0.15) is 19.8 Å². The number of fused-ring (bicyclic) bond motifs is 1. The van der Waals surface area contributed by atoms with Crippen molar-refractivity contribution in [3.8, 4) is 11.3 Å². The van der Waals surface area contributed by atoms with Crippen molar-refractivity contribution >= 4 is 29.0 Å². The van der Waals surface area contributed by atoms with Gasteiger partial charge in [-0.1, -0.05) is 12.1 Å². The lowest BCUT2D eigenvalue weighted by atomic mass is 10.1. The number of oxazole rings is 1. The van der Waals surface area contributed by atoms with Crippen LogP contribution in [0.15, 0.2) is 53.4 Å². The van der Waals surface area contributed by atoms with E-state index in [2.05, 4.69) is 15.2 Å². The molecule has 1 saturated heterocycles. The number of halogens is 3. The highest BCUT2D eigenvalue weighted by Crippen LogP contribution is 2.35. The Labute approximate surface area is 225 Å². The van der Waals surface area contributed by atoms with Gasteiger partial charge in [-0.2, -0.15) is 13.2 Å². The van der Waals surface area contributed by atoms with E-state index >= 15 is 0 Å². The normalized spacial score (nSPS) is 18.9. The van der Waals surface area contributed by atoms with Gasteiger partial charge in [0.25, 0.3) is 0 Å². The molecule has 5 rings (SSSR count). The summed E-state index contributed by atoms with van der Waals surface area (Å²) in [6.07, 6.45) is 0.0794. The van der Waals surface area contributed by atoms with Crippen molar-refractivity contribution in [2.75, 3.05) is 66.3 Å². The molecule has 0 aliphatic carbocycles. The predicted octanol–water partition coefficient (Wildman–Crippen LogP) is 5.08. The molecule has 2 aliphatic heterocycles. The van der Waals surface area contributed by atoms with Crippen molar-refractivity contribution in [3.63, 3.8) is 0 Å². The number of benzene rings is 1. The van der Waals surface area contributed by atoms with E-state index in [0.29, 0.717) is 55.7 Å². The number of aromatic nitrogens is 2. The lowest BCUT2D eigenvalue weighted by Crippen LogP contribution is -2.42. The second-order valence-electron chi connectivity index (χ2n) is 10.1. The molecule has 0 bridgehead atoms. The van der Waals surface area contributed by atoms with E-state index in [1.54, 1.807) is 17.2 Å². The van der Waals surface area contributed by atoms with E-state index in [1.807, 2.05) is 49.2 Å². The minimum atomic E-state index is -4.22. The molecule has 12 heteroatoms. The molecule has 208 valence electrons. The lowest BCUT2D eigenvalue weighted by Gasteiger charge is -2.30. The van der Waals surface area contributed by atoms with Gasteiger partial charge in [-0.05, 0) is 44.0 Å². The van der Waals surface area contributed by atoms with Crippen molar-refractivity contribution in [1.29, 1.82) is 0 Å². The van der Waals surface area contributed by atoms with Crippen LogP contribution in [0.4, 0.5) is 41.0 Å². The van der Waals surface area contributed by atoms with E-state index in [0.717, 1.165) is 24.2 Å². The second kappa shape index (κ2) is 11.1. The molecule has 0 saturated carbocycles. The van der Waals surface area contributed by atoms with Crippen LogP contribution in [0.3, 0.4) is 0 Å². The Kier molecular flexibility index (Phi) is 7.65. The van der Waals surface area contributed by atoms with Crippen LogP contribution in [-0.4, -0.2) is 79.4 Å². The van der Waals surface area contributed by atoms with Crippen molar-refractivity contribution < 1.29 is 22.4 Å². The number of anilines is 4. The average molecular weight is 544 g/mol. The summed E-state index contributed by atoms with van der Waals surface area (Å²) in [5.41, 5.74) is 2.21. The smallest absolute Gasteiger partial charge is 0.401 e. The molecule has 2 amide bonds. The highest BCUT2D eigenvalue weighted by Gasteiger charge is 2.33. The fourth-order valence-corrected chi connectivity index (χ4v) is 5.12. The van der Waals surface area contributed by atoms with Gasteiger partial charge in [0.1, 0.15) is 5.82 Å². The molecule has 1 atom stereocenters. The molecule has 1 aromatic carbocycles. The van der Waals surface area contributed by atoms with Gasteiger partial charge in [0.15, 0.2) is 18.0 Å². The maximum absolute atomic E-state index is 13.7. The van der Waals surface area contributed by atoms with E-state index in [9.17, 15) is 18.0 Å². The Morgan fingerprint density at radius 3 is 2.74 bits per heavy atom. The maximum atomic E-state index is 13.7. The van der Waals surface area contributed by atoms with Gasteiger partial charge in [0.05, 0.1) is 18.4 Å². The number of alkyl halides is 3. The zero-order valence-corrected chi connectivity index (χ0v) is 22.0. The maximum Gasteiger partial charge on any atom is 0.401 e. The summed E-state index contributed by atoms with van der Waals surface area (Å²) in [5.74, 6) is 1.77. The molecule has 39 heavy (non-hydrogen) atoms. The molecule has 0 unspecified atom stereocenters. The minimum absolute atomic E-state index is 0.139. The van der Waals surface area contributed by atoms with Gasteiger partial charge in [0.2, 0.25) is 0 Å². The molecular formula is C27H32F3N7O2. The first-order valence-electron chi connectivity index (χ1n) is 13.0. The molecule has 0 spiro atoms. The summed E-state index contributed by atoms with van der Waals surface area (Å²) in [5, 5.41) is 3.00. The summed E-state index contributed by atoms with van der Waals surface area (Å²) in [6, 6.07) is 10.7. The Morgan fingerprint density at radius 2 is 1.97 bits per heavy atom. The third-order valence-electron chi connectivity index (χ3n) is 7.17. The summed E-state index contributed by atoms with van der Waals surface area (Å²) < 4.78 is 44.2. The number of hydrogen-bond acceptors (Lipinski definition) is 7. The van der Waals surface area contributed by atoms with Crippen LogP contribution in [0.2, 0.25) is 0 Å². The molecule has 1 N–H and O–H groups in total. The fraction of sp³-hybridized carbons (Fsp3) is 0.444. The lowest BCUT2D eigenvalue weighted by molar-refractivity contribution is -0.145. The van der Waals surface area contributed by atoms with Crippen LogP contribution in [0.25, 0.3) is 11.3 Å². The van der Waals surface area contributed by atoms with Crippen LogP contribution in [0.5, 0.6) is 0 Å². The molecule has 4 heterocycles. The largest absolute Gasteiger partial charge is 0.444 e. The number of carbonyl (C=O) groups excluding carboxylic acids is 1. The Balaban J connectivity index is 1.40. The van der Waals surface area contributed by atoms with Gasteiger partial charge >= 0.3 is 12.2 Å². The van der Waals surface area contributed by atoms with E-state index in [-0.39, 0.29) is 12.1 Å². The average Bonchev–Trinajstić information content (AvgIpc) is 3.29. The zero-order chi connectivity index (χ0) is 27.6. The summed E-state index contributed by atoms with van der Waals surface area (Å²) in [6.45, 7) is 3.51. The Morgan fingerprint density at radius 1 is 1.13 bits per heavy atom. The number of nitrogens with zero attached hydrogens (tertiary/aromatic N) is 6. The van der Waals surface area contributed by atoms with Crippen molar-refractivity contribution in [2.45, 2.75) is 32.0 Å². The topological polar surface area (TPSA) is 81.0 Å². The monoisotopic (exact) mass is 543 g/mol. The van der Waals surface area contributed by atoms with Gasteiger partial charge in [-0.25, -0.2) is 14.8 Å². The molecular weight excluding hydrogens is 511 g/mol.